The number of carbonyl (C=O) groups excluding carboxylic acids is 1. The summed E-state index contributed by atoms with van der Waals surface area (Å²) in [6.45, 7) is 9.29. The molecule has 3 N–H and O–H groups in total. The summed E-state index contributed by atoms with van der Waals surface area (Å²) in [6.07, 6.45) is 3.78. The number of nitrogens with zero attached hydrogens (tertiary/aromatic N) is 1. The molecule has 100 valence electrons. The van der Waals surface area contributed by atoms with Gasteiger partial charge in [0.2, 0.25) is 5.91 Å². The number of hydrogen-bond acceptors (Lipinski definition) is 3. The minimum atomic E-state index is -0.240. The van der Waals surface area contributed by atoms with Crippen LogP contribution in [-0.4, -0.2) is 42.5 Å². The SMILES string of the molecule is CCC1CCN(CC(NC(C)C)C(N)=O)CC1. The standard InChI is InChI=1S/C13H27N3O/c1-4-11-5-7-16(8-6-11)9-12(13(14)17)15-10(2)3/h10-12,15H,4-9H2,1-3H3,(H2,14,17). The molecule has 4 heteroatoms. The fourth-order valence-corrected chi connectivity index (χ4v) is 2.46. The van der Waals surface area contributed by atoms with Crippen LogP contribution in [-0.2, 0) is 4.79 Å². The van der Waals surface area contributed by atoms with Gasteiger partial charge < -0.3 is 16.0 Å². The zero-order valence-electron chi connectivity index (χ0n) is 11.4. The molecule has 1 unspecified atom stereocenters. The molecule has 0 bridgehead atoms. The Kier molecular flexibility index (Phi) is 5.92. The van der Waals surface area contributed by atoms with Gasteiger partial charge in [-0.3, -0.25) is 4.79 Å². The minimum absolute atomic E-state index is 0.215. The third-order valence-electron chi connectivity index (χ3n) is 3.60. The molecule has 1 aliphatic rings. The van der Waals surface area contributed by atoms with Crippen LogP contribution in [0.25, 0.3) is 0 Å². The molecule has 1 heterocycles. The van der Waals surface area contributed by atoms with E-state index in [1.54, 1.807) is 0 Å². The van der Waals surface area contributed by atoms with Gasteiger partial charge in [0.05, 0.1) is 6.04 Å². The number of hydrogen-bond donors (Lipinski definition) is 2. The van der Waals surface area contributed by atoms with E-state index < -0.39 is 0 Å². The zero-order valence-corrected chi connectivity index (χ0v) is 11.4. The van der Waals surface area contributed by atoms with Gasteiger partial charge in [-0.25, -0.2) is 0 Å². The molecule has 0 aromatic carbocycles. The van der Waals surface area contributed by atoms with E-state index in [1.165, 1.54) is 19.3 Å². The number of carbonyl (C=O) groups is 1. The molecule has 1 amide bonds. The van der Waals surface area contributed by atoms with Crippen LogP contribution in [0, 0.1) is 5.92 Å². The summed E-state index contributed by atoms with van der Waals surface area (Å²) >= 11 is 0. The second kappa shape index (κ2) is 6.97. The van der Waals surface area contributed by atoms with Gasteiger partial charge in [0.1, 0.15) is 0 Å². The Labute approximate surface area is 105 Å². The topological polar surface area (TPSA) is 58.4 Å². The van der Waals surface area contributed by atoms with Crippen LogP contribution in [0.2, 0.25) is 0 Å². The Hall–Kier alpha value is -0.610. The van der Waals surface area contributed by atoms with Crippen molar-refractivity contribution in [2.45, 2.75) is 52.1 Å². The maximum Gasteiger partial charge on any atom is 0.235 e. The van der Waals surface area contributed by atoms with Gasteiger partial charge in [0, 0.05) is 12.6 Å². The molecule has 17 heavy (non-hydrogen) atoms. The molecule has 1 rings (SSSR count). The Morgan fingerprint density at radius 2 is 2.00 bits per heavy atom. The summed E-state index contributed by atoms with van der Waals surface area (Å²) < 4.78 is 0. The highest BCUT2D eigenvalue weighted by molar-refractivity contribution is 5.80. The zero-order chi connectivity index (χ0) is 12.8. The fourth-order valence-electron chi connectivity index (χ4n) is 2.46. The lowest BCUT2D eigenvalue weighted by Gasteiger charge is -2.33. The first-order chi connectivity index (χ1) is 8.02. The minimum Gasteiger partial charge on any atom is -0.368 e. The molecule has 0 aromatic rings. The van der Waals surface area contributed by atoms with Gasteiger partial charge in [-0.15, -0.1) is 0 Å². The van der Waals surface area contributed by atoms with E-state index >= 15 is 0 Å². The predicted octanol–water partition coefficient (Wildman–Crippen LogP) is 0.960. The summed E-state index contributed by atoms with van der Waals surface area (Å²) in [7, 11) is 0. The van der Waals surface area contributed by atoms with Crippen molar-refractivity contribution in [3.63, 3.8) is 0 Å². The van der Waals surface area contributed by atoms with Crippen LogP contribution in [0.15, 0.2) is 0 Å². The Morgan fingerprint density at radius 3 is 2.41 bits per heavy atom. The van der Waals surface area contributed by atoms with Crippen LogP contribution < -0.4 is 11.1 Å². The van der Waals surface area contributed by atoms with Crippen LogP contribution in [0.5, 0.6) is 0 Å². The fraction of sp³-hybridized carbons (Fsp3) is 0.923. The Morgan fingerprint density at radius 1 is 1.41 bits per heavy atom. The molecule has 4 nitrogen and oxygen atoms in total. The highest BCUT2D eigenvalue weighted by Gasteiger charge is 2.23. The van der Waals surface area contributed by atoms with Crippen LogP contribution >= 0.6 is 0 Å². The van der Waals surface area contributed by atoms with Crippen molar-refractivity contribution < 1.29 is 4.79 Å². The van der Waals surface area contributed by atoms with Crippen molar-refractivity contribution in [1.82, 2.24) is 10.2 Å². The van der Waals surface area contributed by atoms with Gasteiger partial charge in [0.25, 0.3) is 0 Å². The lowest BCUT2D eigenvalue weighted by molar-refractivity contribution is -0.120. The summed E-state index contributed by atoms with van der Waals surface area (Å²) in [5, 5.41) is 3.24. The van der Waals surface area contributed by atoms with E-state index in [-0.39, 0.29) is 11.9 Å². The van der Waals surface area contributed by atoms with Crippen molar-refractivity contribution in [2.75, 3.05) is 19.6 Å². The molecule has 0 radical (unpaired) electrons. The van der Waals surface area contributed by atoms with Crippen LogP contribution in [0.1, 0.15) is 40.0 Å². The summed E-state index contributed by atoms with van der Waals surface area (Å²) in [4.78, 5) is 13.7. The van der Waals surface area contributed by atoms with Crippen molar-refractivity contribution >= 4 is 5.91 Å². The van der Waals surface area contributed by atoms with Gasteiger partial charge in [-0.2, -0.15) is 0 Å². The number of nitrogens with two attached hydrogens (primary N) is 1. The van der Waals surface area contributed by atoms with Crippen molar-refractivity contribution in [1.29, 1.82) is 0 Å². The largest absolute Gasteiger partial charge is 0.368 e. The second-order valence-electron chi connectivity index (χ2n) is 5.43. The van der Waals surface area contributed by atoms with E-state index in [0.717, 1.165) is 25.6 Å². The molecule has 0 aliphatic carbocycles. The number of primary amides is 1. The molecule has 1 fully saturated rings. The lowest BCUT2D eigenvalue weighted by atomic mass is 9.94. The van der Waals surface area contributed by atoms with E-state index in [1.807, 2.05) is 13.8 Å². The maximum absolute atomic E-state index is 11.4. The van der Waals surface area contributed by atoms with Crippen LogP contribution in [0.3, 0.4) is 0 Å². The van der Waals surface area contributed by atoms with Gasteiger partial charge >= 0.3 is 0 Å². The number of amides is 1. The first-order valence-electron chi connectivity index (χ1n) is 6.80. The average molecular weight is 241 g/mol. The summed E-state index contributed by atoms with van der Waals surface area (Å²) in [6, 6.07) is 0.0776. The number of nitrogens with one attached hydrogen (secondary N) is 1. The first-order valence-corrected chi connectivity index (χ1v) is 6.80. The second-order valence-corrected chi connectivity index (χ2v) is 5.43. The third-order valence-corrected chi connectivity index (χ3v) is 3.60. The molecular weight excluding hydrogens is 214 g/mol. The van der Waals surface area contributed by atoms with E-state index in [9.17, 15) is 4.79 Å². The summed E-state index contributed by atoms with van der Waals surface area (Å²) in [5.74, 6) is 0.632. The van der Waals surface area contributed by atoms with Crippen molar-refractivity contribution in [3.05, 3.63) is 0 Å². The smallest absolute Gasteiger partial charge is 0.235 e. The predicted molar refractivity (Wildman–Crippen MR) is 70.7 cm³/mol. The van der Waals surface area contributed by atoms with Gasteiger partial charge in [-0.1, -0.05) is 27.2 Å². The Bertz CT molecular complexity index is 235. The molecule has 1 aliphatic heterocycles. The Balaban J connectivity index is 2.38. The normalized spacial score (nSPS) is 20.7. The number of likely N-dealkylation sites (tertiary alicyclic amines) is 1. The molecule has 0 aromatic heterocycles. The molecule has 0 spiro atoms. The van der Waals surface area contributed by atoms with E-state index in [4.69, 9.17) is 5.73 Å². The molecule has 1 atom stereocenters. The maximum atomic E-state index is 11.4. The third kappa shape index (κ3) is 5.04. The quantitative estimate of drug-likeness (QED) is 0.728. The number of piperidine rings is 1. The average Bonchev–Trinajstić information content (AvgIpc) is 2.28. The van der Waals surface area contributed by atoms with Gasteiger partial charge in [0.15, 0.2) is 0 Å². The first kappa shape index (κ1) is 14.5. The van der Waals surface area contributed by atoms with Gasteiger partial charge in [-0.05, 0) is 31.8 Å². The van der Waals surface area contributed by atoms with Crippen molar-refractivity contribution in [2.24, 2.45) is 11.7 Å². The highest BCUT2D eigenvalue weighted by atomic mass is 16.1. The molecule has 1 saturated heterocycles. The molecular formula is C13H27N3O. The van der Waals surface area contributed by atoms with E-state index in [2.05, 4.69) is 17.1 Å². The summed E-state index contributed by atoms with van der Waals surface area (Å²) in [5.41, 5.74) is 5.43. The monoisotopic (exact) mass is 241 g/mol. The lowest BCUT2D eigenvalue weighted by Crippen LogP contribution is -2.52. The van der Waals surface area contributed by atoms with Crippen molar-refractivity contribution in [3.8, 4) is 0 Å². The van der Waals surface area contributed by atoms with E-state index in [0.29, 0.717) is 6.04 Å². The van der Waals surface area contributed by atoms with Crippen LogP contribution in [0.4, 0.5) is 0 Å². The molecule has 0 saturated carbocycles. The highest BCUT2D eigenvalue weighted by Crippen LogP contribution is 2.19. The number of rotatable bonds is 6.